The fourth-order valence-corrected chi connectivity index (χ4v) is 2.70. The Morgan fingerprint density at radius 1 is 1.35 bits per heavy atom. The molecule has 0 bridgehead atoms. The third-order valence-electron chi connectivity index (χ3n) is 3.59. The Bertz CT molecular complexity index is 663. The molecule has 23 heavy (non-hydrogen) atoms. The first-order valence-electron chi connectivity index (χ1n) is 7.73. The van der Waals surface area contributed by atoms with Gasteiger partial charge in [0, 0.05) is 43.6 Å². The molecule has 2 aromatic rings. The Morgan fingerprint density at radius 2 is 2.13 bits per heavy atom. The minimum absolute atomic E-state index is 0.670. The van der Waals surface area contributed by atoms with E-state index in [4.69, 9.17) is 12.2 Å². The van der Waals surface area contributed by atoms with Crippen LogP contribution in [-0.4, -0.2) is 31.2 Å². The molecular weight excluding hydrogens is 376 g/mol. The summed E-state index contributed by atoms with van der Waals surface area (Å²) in [6.07, 6.45) is 4.85. The lowest BCUT2D eigenvalue weighted by molar-refractivity contribution is 0.556. The van der Waals surface area contributed by atoms with Crippen LogP contribution in [0.1, 0.15) is 30.3 Å². The van der Waals surface area contributed by atoms with E-state index < -0.39 is 0 Å². The first-order valence-corrected chi connectivity index (χ1v) is 8.94. The maximum absolute atomic E-state index is 5.29. The van der Waals surface area contributed by atoms with Crippen LogP contribution in [0.25, 0.3) is 0 Å². The maximum atomic E-state index is 5.29. The van der Waals surface area contributed by atoms with Crippen molar-refractivity contribution in [1.29, 1.82) is 0 Å². The lowest BCUT2D eigenvalue weighted by Crippen LogP contribution is -2.35. The van der Waals surface area contributed by atoms with E-state index in [0.29, 0.717) is 11.7 Å². The van der Waals surface area contributed by atoms with Gasteiger partial charge in [0.05, 0.1) is 16.4 Å². The first kappa shape index (κ1) is 17.9. The summed E-state index contributed by atoms with van der Waals surface area (Å²) in [4.78, 5) is 0. The van der Waals surface area contributed by atoms with Gasteiger partial charge in [-0.3, -0.25) is 9.36 Å². The molecule has 0 amide bonds. The van der Waals surface area contributed by atoms with Gasteiger partial charge >= 0.3 is 0 Å². The number of hydrogen-bond donors (Lipinski definition) is 2. The van der Waals surface area contributed by atoms with Crippen molar-refractivity contribution in [1.82, 2.24) is 30.2 Å². The van der Waals surface area contributed by atoms with Gasteiger partial charge in [-0.2, -0.15) is 10.2 Å². The highest BCUT2D eigenvalue weighted by Crippen LogP contribution is 2.19. The first-order chi connectivity index (χ1) is 11.0. The second-order valence-electron chi connectivity index (χ2n) is 5.38. The van der Waals surface area contributed by atoms with Gasteiger partial charge in [0.15, 0.2) is 5.11 Å². The zero-order chi connectivity index (χ0) is 16.8. The quantitative estimate of drug-likeness (QED) is 0.554. The summed E-state index contributed by atoms with van der Waals surface area (Å²) in [6, 6.07) is 0. The van der Waals surface area contributed by atoms with Crippen molar-refractivity contribution in [2.45, 2.75) is 46.8 Å². The Balaban J connectivity index is 1.65. The summed E-state index contributed by atoms with van der Waals surface area (Å²) in [5.41, 5.74) is 3.32. The van der Waals surface area contributed by atoms with E-state index in [1.165, 1.54) is 0 Å². The molecule has 0 aliphatic heterocycles. The predicted molar refractivity (Wildman–Crippen MR) is 99.4 cm³/mol. The highest BCUT2D eigenvalue weighted by atomic mass is 79.9. The second-order valence-corrected chi connectivity index (χ2v) is 6.58. The third kappa shape index (κ3) is 5.04. The van der Waals surface area contributed by atoms with Gasteiger partial charge in [0.1, 0.15) is 0 Å². The van der Waals surface area contributed by atoms with E-state index in [0.717, 1.165) is 47.5 Å². The summed E-state index contributed by atoms with van der Waals surface area (Å²) in [7, 11) is 0. The number of aromatic nitrogens is 4. The predicted octanol–water partition coefficient (Wildman–Crippen LogP) is 2.53. The van der Waals surface area contributed by atoms with Crippen molar-refractivity contribution in [3.8, 4) is 0 Å². The highest BCUT2D eigenvalue weighted by molar-refractivity contribution is 9.10. The lowest BCUT2D eigenvalue weighted by Gasteiger charge is -2.10. The monoisotopic (exact) mass is 398 g/mol. The summed E-state index contributed by atoms with van der Waals surface area (Å²) >= 11 is 8.83. The van der Waals surface area contributed by atoms with Crippen LogP contribution in [0, 0.1) is 13.8 Å². The molecule has 2 N–H and O–H groups in total. The molecule has 0 aromatic carbocycles. The van der Waals surface area contributed by atoms with Crippen LogP contribution in [0.3, 0.4) is 0 Å². The molecule has 0 aliphatic rings. The molecule has 0 atom stereocenters. The van der Waals surface area contributed by atoms with Gasteiger partial charge in [-0.1, -0.05) is 0 Å². The highest BCUT2D eigenvalue weighted by Gasteiger charge is 2.07. The van der Waals surface area contributed by atoms with Crippen LogP contribution in [0.15, 0.2) is 16.9 Å². The molecule has 0 spiro atoms. The molecule has 0 aliphatic carbocycles. The molecule has 0 fully saturated rings. The number of hydrogen-bond acceptors (Lipinski definition) is 3. The zero-order valence-corrected chi connectivity index (χ0v) is 16.2. The minimum atomic E-state index is 0.670. The summed E-state index contributed by atoms with van der Waals surface area (Å²) in [6.45, 7) is 9.40. The number of nitrogens with one attached hydrogen (secondary N) is 2. The Kier molecular flexibility index (Phi) is 6.59. The molecule has 126 valence electrons. The van der Waals surface area contributed by atoms with Crippen molar-refractivity contribution in [3.05, 3.63) is 33.8 Å². The van der Waals surface area contributed by atoms with Gasteiger partial charge in [0.2, 0.25) is 0 Å². The molecule has 0 saturated carbocycles. The fourth-order valence-electron chi connectivity index (χ4n) is 2.24. The van der Waals surface area contributed by atoms with Crippen LogP contribution in [0.2, 0.25) is 0 Å². The van der Waals surface area contributed by atoms with E-state index in [1.807, 2.05) is 28.7 Å². The zero-order valence-electron chi connectivity index (χ0n) is 13.8. The number of aryl methyl sites for hydroxylation is 3. The number of thiocarbonyl (C=S) groups is 1. The van der Waals surface area contributed by atoms with Crippen molar-refractivity contribution in [2.75, 3.05) is 6.54 Å². The maximum Gasteiger partial charge on any atom is 0.166 e. The van der Waals surface area contributed by atoms with Crippen molar-refractivity contribution in [3.63, 3.8) is 0 Å². The molecule has 6 nitrogen and oxygen atoms in total. The van der Waals surface area contributed by atoms with Gasteiger partial charge in [-0.05, 0) is 55.3 Å². The van der Waals surface area contributed by atoms with Gasteiger partial charge in [-0.15, -0.1) is 0 Å². The average Bonchev–Trinajstić information content (AvgIpc) is 3.10. The summed E-state index contributed by atoms with van der Waals surface area (Å²) in [5, 5.41) is 15.8. The minimum Gasteiger partial charge on any atom is -0.363 e. The molecule has 2 rings (SSSR count). The smallest absolute Gasteiger partial charge is 0.166 e. The van der Waals surface area contributed by atoms with Crippen LogP contribution >= 0.6 is 28.1 Å². The standard InChI is InChI=1S/C15H23BrN6S/c1-4-21-10-13(9-19-21)8-18-15(23)17-6-5-7-22-12(3)14(16)11(2)20-22/h9-10H,4-8H2,1-3H3,(H2,17,18,23). The number of nitrogens with zero attached hydrogens (tertiary/aromatic N) is 4. The third-order valence-corrected chi connectivity index (χ3v) is 5.03. The van der Waals surface area contributed by atoms with Crippen LogP contribution in [-0.2, 0) is 19.6 Å². The largest absolute Gasteiger partial charge is 0.363 e. The number of halogens is 1. The van der Waals surface area contributed by atoms with E-state index in [1.54, 1.807) is 0 Å². The van der Waals surface area contributed by atoms with Crippen LogP contribution < -0.4 is 10.6 Å². The molecular formula is C15H23BrN6S. The average molecular weight is 399 g/mol. The van der Waals surface area contributed by atoms with E-state index in [-0.39, 0.29) is 0 Å². The molecule has 0 unspecified atom stereocenters. The van der Waals surface area contributed by atoms with E-state index in [9.17, 15) is 0 Å². The van der Waals surface area contributed by atoms with Crippen LogP contribution in [0.5, 0.6) is 0 Å². The summed E-state index contributed by atoms with van der Waals surface area (Å²) < 4.78 is 5.02. The Morgan fingerprint density at radius 3 is 2.74 bits per heavy atom. The SMILES string of the molecule is CCn1cc(CNC(=S)NCCCn2nc(C)c(Br)c2C)cn1. The fraction of sp³-hybridized carbons (Fsp3) is 0.533. The number of rotatable bonds is 7. The molecule has 2 heterocycles. The van der Waals surface area contributed by atoms with E-state index in [2.05, 4.69) is 50.6 Å². The Labute approximate surface area is 150 Å². The summed E-state index contributed by atoms with van der Waals surface area (Å²) in [5.74, 6) is 0. The van der Waals surface area contributed by atoms with Crippen molar-refractivity contribution >= 4 is 33.3 Å². The normalized spacial score (nSPS) is 10.8. The lowest BCUT2D eigenvalue weighted by atomic mass is 10.3. The van der Waals surface area contributed by atoms with Crippen molar-refractivity contribution in [2.24, 2.45) is 0 Å². The van der Waals surface area contributed by atoms with Crippen molar-refractivity contribution < 1.29 is 0 Å². The van der Waals surface area contributed by atoms with E-state index >= 15 is 0 Å². The van der Waals surface area contributed by atoms with Gasteiger partial charge < -0.3 is 10.6 Å². The molecule has 2 aromatic heterocycles. The molecule has 8 heteroatoms. The second kappa shape index (κ2) is 8.44. The topological polar surface area (TPSA) is 59.7 Å². The molecule has 0 saturated heterocycles. The molecule has 0 radical (unpaired) electrons. The van der Waals surface area contributed by atoms with Gasteiger partial charge in [0.25, 0.3) is 0 Å². The van der Waals surface area contributed by atoms with Gasteiger partial charge in [-0.25, -0.2) is 0 Å². The Hall–Kier alpha value is -1.41. The van der Waals surface area contributed by atoms with Crippen LogP contribution in [0.4, 0.5) is 0 Å².